The summed E-state index contributed by atoms with van der Waals surface area (Å²) in [6, 6.07) is 9.67. The molecule has 1 aliphatic carbocycles. The Morgan fingerprint density at radius 2 is 1.94 bits per heavy atom. The number of aromatic nitrogens is 1. The zero-order chi connectivity index (χ0) is 25.1. The summed E-state index contributed by atoms with van der Waals surface area (Å²) in [5.74, 6) is 1.98. The minimum atomic E-state index is -0.119. The van der Waals surface area contributed by atoms with Crippen molar-refractivity contribution in [1.82, 2.24) is 9.88 Å². The second kappa shape index (κ2) is 10.8. The number of ether oxygens (including phenoxy) is 2. The number of anilines is 2. The highest BCUT2D eigenvalue weighted by atomic mass is 16.5. The molecule has 0 bridgehead atoms. The predicted octanol–water partition coefficient (Wildman–Crippen LogP) is 4.82. The standard InChI is InChI=1S/C28H35N5O3/c1-19-17-32(13-14-33(19)28(34)30-21-8-10-22(35-2)11-9-21)27-24(16-29)23-12-15-36-18-25(23)26(31-27)20-6-4-3-5-7-20/h8-11,19-20H,3-7,12-15,17-18H2,1-2H3,(H,30,34)/t19-/m1/s1. The van der Waals surface area contributed by atoms with Crippen LogP contribution in [0.5, 0.6) is 5.75 Å². The fourth-order valence-electron chi connectivity index (χ4n) is 5.84. The summed E-state index contributed by atoms with van der Waals surface area (Å²) in [4.78, 5) is 22.3. The zero-order valence-electron chi connectivity index (χ0n) is 21.3. The van der Waals surface area contributed by atoms with Crippen LogP contribution in [-0.4, -0.2) is 55.3 Å². The van der Waals surface area contributed by atoms with Crippen LogP contribution in [0.2, 0.25) is 0 Å². The van der Waals surface area contributed by atoms with Crippen LogP contribution in [0.15, 0.2) is 24.3 Å². The molecule has 5 rings (SSSR count). The van der Waals surface area contributed by atoms with Crippen molar-refractivity contribution in [1.29, 1.82) is 5.26 Å². The Bertz CT molecular complexity index is 1140. The number of hydrogen-bond donors (Lipinski definition) is 1. The first-order chi connectivity index (χ1) is 17.6. The van der Waals surface area contributed by atoms with Crippen LogP contribution in [0.1, 0.15) is 67.3 Å². The minimum absolute atomic E-state index is 0.0252. The topological polar surface area (TPSA) is 90.7 Å². The molecule has 1 saturated carbocycles. The molecule has 1 aromatic carbocycles. The van der Waals surface area contributed by atoms with Gasteiger partial charge in [-0.1, -0.05) is 19.3 Å². The van der Waals surface area contributed by atoms with Crippen LogP contribution in [-0.2, 0) is 17.8 Å². The van der Waals surface area contributed by atoms with Crippen molar-refractivity contribution < 1.29 is 14.3 Å². The molecular formula is C28H35N5O3. The van der Waals surface area contributed by atoms with E-state index in [0.29, 0.717) is 44.3 Å². The van der Waals surface area contributed by atoms with E-state index in [9.17, 15) is 10.1 Å². The van der Waals surface area contributed by atoms with E-state index in [-0.39, 0.29) is 12.1 Å². The third-order valence-electron chi connectivity index (χ3n) is 7.80. The van der Waals surface area contributed by atoms with Gasteiger partial charge < -0.3 is 24.6 Å². The summed E-state index contributed by atoms with van der Waals surface area (Å²) in [6.07, 6.45) is 6.82. The number of nitriles is 1. The number of hydrogen-bond acceptors (Lipinski definition) is 6. The highest BCUT2D eigenvalue weighted by molar-refractivity contribution is 5.89. The van der Waals surface area contributed by atoms with Crippen molar-refractivity contribution in [3.63, 3.8) is 0 Å². The molecule has 2 aromatic rings. The molecule has 0 unspecified atom stereocenters. The Morgan fingerprint density at radius 1 is 1.17 bits per heavy atom. The van der Waals surface area contributed by atoms with Gasteiger partial charge in [0.15, 0.2) is 0 Å². The molecule has 3 aliphatic rings. The number of carbonyl (C=O) groups excluding carboxylic acids is 1. The lowest BCUT2D eigenvalue weighted by molar-refractivity contribution is 0.109. The van der Waals surface area contributed by atoms with E-state index in [4.69, 9.17) is 14.5 Å². The summed E-state index contributed by atoms with van der Waals surface area (Å²) in [7, 11) is 1.62. The maximum Gasteiger partial charge on any atom is 0.322 e. The van der Waals surface area contributed by atoms with Gasteiger partial charge in [-0.05, 0) is 56.0 Å². The highest BCUT2D eigenvalue weighted by Gasteiger charge is 2.33. The Morgan fingerprint density at radius 3 is 2.64 bits per heavy atom. The SMILES string of the molecule is COc1ccc(NC(=O)N2CCN(c3nc(C4CCCCC4)c4c(c3C#N)CCOC4)C[C@H]2C)cc1. The zero-order valence-corrected chi connectivity index (χ0v) is 21.3. The maximum absolute atomic E-state index is 13.0. The Hall–Kier alpha value is -3.31. The molecular weight excluding hydrogens is 454 g/mol. The van der Waals surface area contributed by atoms with Gasteiger partial charge in [0.05, 0.1) is 31.6 Å². The van der Waals surface area contributed by atoms with Crippen LogP contribution in [0.3, 0.4) is 0 Å². The van der Waals surface area contributed by atoms with Gasteiger partial charge in [-0.3, -0.25) is 0 Å². The fraction of sp³-hybridized carbons (Fsp3) is 0.536. The third kappa shape index (κ3) is 4.85. The number of nitrogens with one attached hydrogen (secondary N) is 1. The molecule has 3 heterocycles. The average molecular weight is 490 g/mol. The molecule has 1 saturated heterocycles. The first kappa shape index (κ1) is 24.4. The summed E-state index contributed by atoms with van der Waals surface area (Å²) >= 11 is 0. The highest BCUT2D eigenvalue weighted by Crippen LogP contribution is 2.39. The fourth-order valence-corrected chi connectivity index (χ4v) is 5.84. The van der Waals surface area contributed by atoms with Gasteiger partial charge in [0.25, 0.3) is 0 Å². The van der Waals surface area contributed by atoms with Crippen LogP contribution in [0.4, 0.5) is 16.3 Å². The molecule has 1 atom stereocenters. The summed E-state index contributed by atoms with van der Waals surface area (Å²) in [5.41, 5.74) is 4.85. The van der Waals surface area contributed by atoms with Gasteiger partial charge in [-0.25, -0.2) is 9.78 Å². The number of methoxy groups -OCH3 is 1. The normalized spacial score (nSPS) is 20.4. The smallest absolute Gasteiger partial charge is 0.322 e. The Kier molecular flexibility index (Phi) is 7.28. The number of urea groups is 1. The van der Waals surface area contributed by atoms with Crippen molar-refractivity contribution >= 4 is 17.5 Å². The number of pyridine rings is 1. The van der Waals surface area contributed by atoms with E-state index < -0.39 is 0 Å². The number of fused-ring (bicyclic) bond motifs is 1. The van der Waals surface area contributed by atoms with Crippen LogP contribution < -0.4 is 15.0 Å². The largest absolute Gasteiger partial charge is 0.497 e. The molecule has 1 N–H and O–H groups in total. The lowest BCUT2D eigenvalue weighted by Crippen LogP contribution is -2.55. The predicted molar refractivity (Wildman–Crippen MR) is 139 cm³/mol. The lowest BCUT2D eigenvalue weighted by Gasteiger charge is -2.41. The van der Waals surface area contributed by atoms with Crippen molar-refractivity contribution in [3.05, 3.63) is 46.6 Å². The third-order valence-corrected chi connectivity index (χ3v) is 7.80. The van der Waals surface area contributed by atoms with Crippen LogP contribution in [0.25, 0.3) is 0 Å². The summed E-state index contributed by atoms with van der Waals surface area (Å²) < 4.78 is 11.0. The molecule has 2 aliphatic heterocycles. The van der Waals surface area contributed by atoms with Crippen molar-refractivity contribution in [2.24, 2.45) is 0 Å². The molecule has 8 heteroatoms. The molecule has 0 spiro atoms. The van der Waals surface area contributed by atoms with E-state index in [1.54, 1.807) is 7.11 Å². The van der Waals surface area contributed by atoms with Gasteiger partial charge >= 0.3 is 6.03 Å². The summed E-state index contributed by atoms with van der Waals surface area (Å²) in [5, 5.41) is 13.2. The molecule has 8 nitrogen and oxygen atoms in total. The number of benzene rings is 1. The molecule has 2 fully saturated rings. The van der Waals surface area contributed by atoms with Gasteiger partial charge in [-0.15, -0.1) is 0 Å². The van der Waals surface area contributed by atoms with Gasteiger partial charge in [-0.2, -0.15) is 5.26 Å². The molecule has 36 heavy (non-hydrogen) atoms. The van der Waals surface area contributed by atoms with Crippen LogP contribution in [0, 0.1) is 11.3 Å². The number of amides is 2. The quantitative estimate of drug-likeness (QED) is 0.662. The van der Waals surface area contributed by atoms with E-state index in [0.717, 1.165) is 53.3 Å². The molecule has 190 valence electrons. The monoisotopic (exact) mass is 489 g/mol. The van der Waals surface area contributed by atoms with E-state index in [1.807, 2.05) is 29.2 Å². The lowest BCUT2D eigenvalue weighted by atomic mass is 9.82. The first-order valence-electron chi connectivity index (χ1n) is 13.1. The molecule has 0 radical (unpaired) electrons. The van der Waals surface area contributed by atoms with Crippen LogP contribution >= 0.6 is 0 Å². The van der Waals surface area contributed by atoms with Gasteiger partial charge in [0.2, 0.25) is 0 Å². The number of nitrogens with zero attached hydrogens (tertiary/aromatic N) is 4. The van der Waals surface area contributed by atoms with Crippen molar-refractivity contribution in [3.8, 4) is 11.8 Å². The number of rotatable bonds is 4. The molecule has 2 amide bonds. The van der Waals surface area contributed by atoms with Crippen molar-refractivity contribution in [2.75, 3.05) is 43.6 Å². The second-order valence-corrected chi connectivity index (χ2v) is 10.0. The molecule has 1 aromatic heterocycles. The van der Waals surface area contributed by atoms with Gasteiger partial charge in [0.1, 0.15) is 17.6 Å². The maximum atomic E-state index is 13.0. The second-order valence-electron chi connectivity index (χ2n) is 10.0. The first-order valence-corrected chi connectivity index (χ1v) is 13.1. The Balaban J connectivity index is 1.36. The number of carbonyl (C=O) groups is 1. The van der Waals surface area contributed by atoms with E-state index in [1.165, 1.54) is 19.3 Å². The Labute approximate surface area is 213 Å². The van der Waals surface area contributed by atoms with Crippen molar-refractivity contribution in [2.45, 2.75) is 64.0 Å². The minimum Gasteiger partial charge on any atom is -0.497 e. The number of piperazine rings is 1. The van der Waals surface area contributed by atoms with E-state index in [2.05, 4.69) is 23.2 Å². The van der Waals surface area contributed by atoms with Gasteiger partial charge in [0, 0.05) is 42.8 Å². The summed E-state index contributed by atoms with van der Waals surface area (Å²) in [6.45, 7) is 5.09. The van der Waals surface area contributed by atoms with E-state index >= 15 is 0 Å². The average Bonchev–Trinajstić information content (AvgIpc) is 2.92.